The zero-order chi connectivity index (χ0) is 15.3. The van der Waals surface area contributed by atoms with Crippen LogP contribution in [0.4, 0.5) is 8.78 Å². The standard InChI is InChI=1S/C9H10F2O.3C2H6/c1-5-3-7(4-12)6(2)9(11)8(5)10;3*1-2/h3,12H,4H2,1-2H3;3*1-2H3. The predicted molar refractivity (Wildman–Crippen MR) is 75.8 cm³/mol. The molecule has 0 amide bonds. The van der Waals surface area contributed by atoms with Gasteiger partial charge in [-0.15, -0.1) is 0 Å². The van der Waals surface area contributed by atoms with E-state index in [9.17, 15) is 8.78 Å². The summed E-state index contributed by atoms with van der Waals surface area (Å²) in [5.74, 6) is -1.69. The average molecular weight is 262 g/mol. The highest BCUT2D eigenvalue weighted by atomic mass is 19.2. The van der Waals surface area contributed by atoms with Crippen LogP contribution in [0.5, 0.6) is 0 Å². The molecule has 1 N–H and O–H groups in total. The topological polar surface area (TPSA) is 20.2 Å². The Morgan fingerprint density at radius 2 is 1.28 bits per heavy atom. The molecule has 0 spiro atoms. The van der Waals surface area contributed by atoms with Crippen molar-refractivity contribution in [2.75, 3.05) is 0 Å². The number of rotatable bonds is 1. The summed E-state index contributed by atoms with van der Waals surface area (Å²) < 4.78 is 25.8. The molecule has 0 unspecified atom stereocenters. The van der Waals surface area contributed by atoms with E-state index in [-0.39, 0.29) is 17.7 Å². The zero-order valence-corrected chi connectivity index (χ0v) is 13.0. The van der Waals surface area contributed by atoms with Gasteiger partial charge in [-0.3, -0.25) is 0 Å². The summed E-state index contributed by atoms with van der Waals surface area (Å²) in [4.78, 5) is 0. The molecule has 0 fully saturated rings. The number of aryl methyl sites for hydroxylation is 1. The molecule has 0 aliphatic rings. The minimum absolute atomic E-state index is 0.181. The number of halogens is 2. The molecule has 1 aromatic carbocycles. The molecule has 0 atom stereocenters. The first-order valence-electron chi connectivity index (χ1n) is 6.63. The third-order valence-electron chi connectivity index (χ3n) is 1.91. The van der Waals surface area contributed by atoms with Gasteiger partial charge in [-0.25, -0.2) is 8.78 Å². The van der Waals surface area contributed by atoms with Crippen LogP contribution in [0.1, 0.15) is 58.2 Å². The Morgan fingerprint density at radius 1 is 0.889 bits per heavy atom. The van der Waals surface area contributed by atoms with Crippen LogP contribution in [0, 0.1) is 25.5 Å². The Balaban J connectivity index is -0.000000328. The number of benzene rings is 1. The SMILES string of the molecule is CC.CC.CC.Cc1cc(CO)c(C)c(F)c1F. The molecule has 3 heteroatoms. The van der Waals surface area contributed by atoms with Crippen LogP contribution in [0.25, 0.3) is 0 Å². The Bertz CT molecular complexity index is 310. The number of hydrogen-bond donors (Lipinski definition) is 1. The highest BCUT2D eigenvalue weighted by Gasteiger charge is 2.11. The largest absolute Gasteiger partial charge is 0.392 e. The van der Waals surface area contributed by atoms with E-state index in [4.69, 9.17) is 5.11 Å². The van der Waals surface area contributed by atoms with Gasteiger partial charge in [0, 0.05) is 0 Å². The van der Waals surface area contributed by atoms with E-state index in [1.54, 1.807) is 0 Å². The molecule has 0 saturated heterocycles. The molecule has 0 heterocycles. The lowest BCUT2D eigenvalue weighted by molar-refractivity contribution is 0.279. The van der Waals surface area contributed by atoms with Gasteiger partial charge in [0.2, 0.25) is 0 Å². The van der Waals surface area contributed by atoms with Gasteiger partial charge in [0.05, 0.1) is 6.61 Å². The predicted octanol–water partition coefficient (Wildman–Crippen LogP) is 5.15. The molecule has 108 valence electrons. The maximum absolute atomic E-state index is 13.0. The first kappa shape index (κ1) is 22.2. The van der Waals surface area contributed by atoms with E-state index in [2.05, 4.69) is 0 Å². The summed E-state index contributed by atoms with van der Waals surface area (Å²) in [6.45, 7) is 14.7. The van der Waals surface area contributed by atoms with Crippen LogP contribution in [0.15, 0.2) is 6.07 Å². The van der Waals surface area contributed by atoms with Crippen molar-refractivity contribution >= 4 is 0 Å². The van der Waals surface area contributed by atoms with Crippen molar-refractivity contribution in [1.82, 2.24) is 0 Å². The van der Waals surface area contributed by atoms with Crippen LogP contribution >= 0.6 is 0 Å². The first-order valence-corrected chi connectivity index (χ1v) is 6.63. The monoisotopic (exact) mass is 262 g/mol. The summed E-state index contributed by atoms with van der Waals surface area (Å²) in [5.41, 5.74) is 0.842. The van der Waals surface area contributed by atoms with Gasteiger partial charge in [-0.05, 0) is 30.5 Å². The quantitative estimate of drug-likeness (QED) is 0.741. The van der Waals surface area contributed by atoms with Crippen molar-refractivity contribution in [2.24, 2.45) is 0 Å². The van der Waals surface area contributed by atoms with Crippen molar-refractivity contribution < 1.29 is 13.9 Å². The third kappa shape index (κ3) is 6.70. The summed E-state index contributed by atoms with van der Waals surface area (Å²) in [6.07, 6.45) is 0. The molecule has 0 bridgehead atoms. The van der Waals surface area contributed by atoms with Crippen LogP contribution in [-0.4, -0.2) is 5.11 Å². The fourth-order valence-electron chi connectivity index (χ4n) is 1.08. The number of aliphatic hydroxyl groups is 1. The fraction of sp³-hybridized carbons (Fsp3) is 0.600. The van der Waals surface area contributed by atoms with E-state index < -0.39 is 11.6 Å². The molecule has 0 radical (unpaired) electrons. The van der Waals surface area contributed by atoms with Crippen molar-refractivity contribution in [1.29, 1.82) is 0 Å². The van der Waals surface area contributed by atoms with Gasteiger partial charge >= 0.3 is 0 Å². The van der Waals surface area contributed by atoms with Gasteiger partial charge in [0.25, 0.3) is 0 Å². The van der Waals surface area contributed by atoms with Crippen LogP contribution < -0.4 is 0 Å². The maximum atomic E-state index is 13.0. The van der Waals surface area contributed by atoms with Crippen molar-refractivity contribution in [3.63, 3.8) is 0 Å². The highest BCUT2D eigenvalue weighted by molar-refractivity contribution is 5.32. The number of aliphatic hydroxyl groups excluding tert-OH is 1. The van der Waals surface area contributed by atoms with Crippen molar-refractivity contribution in [3.05, 3.63) is 34.4 Å². The fourth-order valence-corrected chi connectivity index (χ4v) is 1.08. The molecule has 0 aliphatic heterocycles. The van der Waals surface area contributed by atoms with Gasteiger partial charge in [0.15, 0.2) is 11.6 Å². The molecule has 1 rings (SSSR count). The lowest BCUT2D eigenvalue weighted by Crippen LogP contribution is -1.99. The summed E-state index contributed by atoms with van der Waals surface area (Å²) in [7, 11) is 0. The van der Waals surface area contributed by atoms with Crippen LogP contribution in [-0.2, 0) is 6.61 Å². The molecule has 1 nitrogen and oxygen atoms in total. The molecular formula is C15H28F2O. The molecule has 0 aliphatic carbocycles. The Morgan fingerprint density at radius 3 is 1.61 bits per heavy atom. The highest BCUT2D eigenvalue weighted by Crippen LogP contribution is 2.19. The first-order chi connectivity index (χ1) is 8.57. The van der Waals surface area contributed by atoms with Gasteiger partial charge < -0.3 is 5.11 Å². The second-order valence-electron chi connectivity index (χ2n) is 2.76. The van der Waals surface area contributed by atoms with Crippen molar-refractivity contribution in [3.8, 4) is 0 Å². The van der Waals surface area contributed by atoms with Gasteiger partial charge in [-0.1, -0.05) is 47.6 Å². The van der Waals surface area contributed by atoms with E-state index in [0.717, 1.165) is 0 Å². The molecule has 18 heavy (non-hydrogen) atoms. The molecule has 1 aromatic rings. The summed E-state index contributed by atoms with van der Waals surface area (Å²) >= 11 is 0. The van der Waals surface area contributed by atoms with E-state index in [0.29, 0.717) is 5.56 Å². The lowest BCUT2D eigenvalue weighted by atomic mass is 10.1. The van der Waals surface area contributed by atoms with Crippen molar-refractivity contribution in [2.45, 2.75) is 62.0 Å². The van der Waals surface area contributed by atoms with E-state index in [1.165, 1.54) is 19.9 Å². The summed E-state index contributed by atoms with van der Waals surface area (Å²) in [5, 5.41) is 8.77. The Kier molecular flexibility index (Phi) is 17.4. The second-order valence-corrected chi connectivity index (χ2v) is 2.76. The maximum Gasteiger partial charge on any atom is 0.162 e. The molecule has 0 saturated carbocycles. The van der Waals surface area contributed by atoms with Gasteiger partial charge in [-0.2, -0.15) is 0 Å². The third-order valence-corrected chi connectivity index (χ3v) is 1.91. The van der Waals surface area contributed by atoms with E-state index in [1.807, 2.05) is 41.5 Å². The zero-order valence-electron chi connectivity index (χ0n) is 13.0. The smallest absolute Gasteiger partial charge is 0.162 e. The number of hydrogen-bond acceptors (Lipinski definition) is 1. The van der Waals surface area contributed by atoms with Crippen LogP contribution in [0.3, 0.4) is 0 Å². The van der Waals surface area contributed by atoms with E-state index >= 15 is 0 Å². The average Bonchev–Trinajstić information content (AvgIpc) is 2.47. The second kappa shape index (κ2) is 14.1. The normalized spacial score (nSPS) is 7.94. The minimum atomic E-state index is -0.862. The lowest BCUT2D eigenvalue weighted by Gasteiger charge is -2.06. The Hall–Kier alpha value is -0.960. The molecular weight excluding hydrogens is 234 g/mol. The molecule has 0 aromatic heterocycles. The van der Waals surface area contributed by atoms with Gasteiger partial charge in [0.1, 0.15) is 0 Å². The Labute approximate surface area is 111 Å². The summed E-state index contributed by atoms with van der Waals surface area (Å²) in [6, 6.07) is 1.45. The minimum Gasteiger partial charge on any atom is -0.392 e. The van der Waals surface area contributed by atoms with Crippen LogP contribution in [0.2, 0.25) is 0 Å².